The molecule has 5 heteroatoms. The first kappa shape index (κ1) is 14.5. The van der Waals surface area contributed by atoms with E-state index >= 15 is 0 Å². The third kappa shape index (κ3) is 5.36. The van der Waals surface area contributed by atoms with Gasteiger partial charge in [-0.3, -0.25) is 9.37 Å². The van der Waals surface area contributed by atoms with Gasteiger partial charge in [0.25, 0.3) is 0 Å². The molecule has 1 aromatic rings. The fourth-order valence-electron chi connectivity index (χ4n) is 1.06. The molecular formula is C11H17ClN3O+. The summed E-state index contributed by atoms with van der Waals surface area (Å²) in [6.07, 6.45) is 1.85. The van der Waals surface area contributed by atoms with Gasteiger partial charge in [0, 0.05) is 12.6 Å². The number of halogens is 1. The van der Waals surface area contributed by atoms with Crippen molar-refractivity contribution in [1.29, 1.82) is 0 Å². The molecule has 2 N–H and O–H groups in total. The molecule has 0 saturated carbocycles. The molecule has 88 valence electrons. The van der Waals surface area contributed by atoms with Crippen LogP contribution in [0, 0.1) is 0 Å². The maximum Gasteiger partial charge on any atom is 0.236 e. The van der Waals surface area contributed by atoms with E-state index in [1.54, 1.807) is 0 Å². The normalized spacial score (nSPS) is 8.69. The second-order valence-electron chi connectivity index (χ2n) is 3.50. The molecule has 1 aromatic carbocycles. The number of amides is 1. The average Bonchev–Trinajstić information content (AvgIpc) is 2.16. The smallest absolute Gasteiger partial charge is 0.236 e. The zero-order chi connectivity index (χ0) is 11.3. The van der Waals surface area contributed by atoms with E-state index in [1.807, 2.05) is 49.3 Å². The van der Waals surface area contributed by atoms with E-state index in [-0.39, 0.29) is 18.3 Å². The summed E-state index contributed by atoms with van der Waals surface area (Å²) >= 11 is 0. The Morgan fingerprint density at radius 3 is 2.12 bits per heavy atom. The molecule has 0 atom stereocenters. The van der Waals surface area contributed by atoms with Crippen LogP contribution in [-0.2, 0) is 4.79 Å². The molecular weight excluding hydrogens is 226 g/mol. The van der Waals surface area contributed by atoms with Crippen molar-refractivity contribution in [3.8, 4) is 0 Å². The molecule has 0 fully saturated rings. The molecule has 1 rings (SSSR count). The van der Waals surface area contributed by atoms with E-state index in [2.05, 4.69) is 10.6 Å². The topological polar surface area (TPSA) is 44.1 Å². The summed E-state index contributed by atoms with van der Waals surface area (Å²) in [4.78, 5) is 10.8. The van der Waals surface area contributed by atoms with Crippen molar-refractivity contribution in [3.63, 3.8) is 0 Å². The molecule has 0 aliphatic heterocycles. The highest BCUT2D eigenvalue weighted by molar-refractivity contribution is 5.89. The summed E-state index contributed by atoms with van der Waals surface area (Å²) in [6.45, 7) is 1.49. The van der Waals surface area contributed by atoms with Gasteiger partial charge in [-0.1, -0.05) is 0 Å². The number of hydrogen-bond donors (Lipinski definition) is 2. The number of carbonyl (C=O) groups excluding carboxylic acids is 1. The number of anilines is 2. The fourth-order valence-corrected chi connectivity index (χ4v) is 1.06. The van der Waals surface area contributed by atoms with Crippen LogP contribution >= 0.6 is 12.4 Å². The third-order valence-electron chi connectivity index (χ3n) is 1.69. The van der Waals surface area contributed by atoms with Gasteiger partial charge in [0.05, 0.1) is 14.1 Å². The van der Waals surface area contributed by atoms with E-state index in [1.165, 1.54) is 6.92 Å². The quantitative estimate of drug-likeness (QED) is 0.482. The van der Waals surface area contributed by atoms with Gasteiger partial charge >= 0.3 is 0 Å². The zero-order valence-corrected chi connectivity index (χ0v) is 10.5. The number of nitrogens with zero attached hydrogens (tertiary/aromatic N) is 1. The first-order chi connectivity index (χ1) is 7.08. The van der Waals surface area contributed by atoms with Crippen LogP contribution in [0.1, 0.15) is 6.92 Å². The highest BCUT2D eigenvalue weighted by Crippen LogP contribution is 2.12. The molecule has 16 heavy (non-hydrogen) atoms. The van der Waals surface area contributed by atoms with Crippen LogP contribution in [0.25, 0.3) is 0 Å². The van der Waals surface area contributed by atoms with Crippen molar-refractivity contribution in [1.82, 2.24) is 0 Å². The van der Waals surface area contributed by atoms with E-state index in [0.717, 1.165) is 11.4 Å². The number of hydrogen-bond acceptors (Lipinski definition) is 1. The Morgan fingerprint density at radius 2 is 1.69 bits per heavy atom. The molecule has 1 amide bonds. The van der Waals surface area contributed by atoms with Crippen molar-refractivity contribution in [2.24, 2.45) is 0 Å². The molecule has 0 saturated heterocycles. The van der Waals surface area contributed by atoms with Gasteiger partial charge in [-0.2, -0.15) is 0 Å². The van der Waals surface area contributed by atoms with Crippen LogP contribution in [0.15, 0.2) is 24.3 Å². The fraction of sp³-hybridized carbons (Fsp3) is 0.273. The minimum Gasteiger partial charge on any atom is -0.326 e. The lowest BCUT2D eigenvalue weighted by molar-refractivity contribution is -0.459. The first-order valence-electron chi connectivity index (χ1n) is 4.72. The summed E-state index contributed by atoms with van der Waals surface area (Å²) in [5.41, 5.74) is 1.79. The SMILES string of the molecule is CC(=O)Nc1ccc(NC=[N+](C)C)cc1.Cl. The Bertz CT molecular complexity index is 369. The molecule has 0 spiro atoms. The van der Waals surface area contributed by atoms with Gasteiger partial charge in [0.1, 0.15) is 5.69 Å². The van der Waals surface area contributed by atoms with Crippen molar-refractivity contribution >= 4 is 36.0 Å². The third-order valence-corrected chi connectivity index (χ3v) is 1.69. The van der Waals surface area contributed by atoms with Crippen molar-refractivity contribution in [2.45, 2.75) is 6.92 Å². The molecule has 0 radical (unpaired) electrons. The highest BCUT2D eigenvalue weighted by Gasteiger charge is 1.97. The average molecular weight is 243 g/mol. The summed E-state index contributed by atoms with van der Waals surface area (Å²) in [5, 5.41) is 5.82. The maximum atomic E-state index is 10.8. The number of benzene rings is 1. The Kier molecular flexibility index (Phi) is 6.18. The number of carbonyl (C=O) groups is 1. The minimum absolute atomic E-state index is 0. The monoisotopic (exact) mass is 242 g/mol. The molecule has 0 aromatic heterocycles. The Balaban J connectivity index is 0.00000225. The van der Waals surface area contributed by atoms with Crippen molar-refractivity contribution in [2.75, 3.05) is 24.7 Å². The van der Waals surface area contributed by atoms with Crippen molar-refractivity contribution in [3.05, 3.63) is 24.3 Å². The molecule has 0 heterocycles. The number of nitrogens with one attached hydrogen (secondary N) is 2. The van der Waals surface area contributed by atoms with Crippen LogP contribution in [0.2, 0.25) is 0 Å². The van der Waals surface area contributed by atoms with Gasteiger partial charge < -0.3 is 5.32 Å². The van der Waals surface area contributed by atoms with Crippen molar-refractivity contribution < 1.29 is 9.37 Å². The second-order valence-corrected chi connectivity index (χ2v) is 3.50. The molecule has 0 aliphatic carbocycles. The largest absolute Gasteiger partial charge is 0.326 e. The maximum absolute atomic E-state index is 10.8. The highest BCUT2D eigenvalue weighted by atomic mass is 35.5. The lowest BCUT2D eigenvalue weighted by atomic mass is 10.3. The Labute approximate surface area is 102 Å². The summed E-state index contributed by atoms with van der Waals surface area (Å²) in [6, 6.07) is 7.52. The van der Waals surface area contributed by atoms with Gasteiger partial charge in [-0.05, 0) is 24.3 Å². The van der Waals surface area contributed by atoms with Gasteiger partial charge in [-0.15, -0.1) is 12.4 Å². The first-order valence-corrected chi connectivity index (χ1v) is 4.72. The summed E-state index contributed by atoms with van der Waals surface area (Å²) < 4.78 is 1.92. The predicted octanol–water partition coefficient (Wildman–Crippen LogP) is 1.78. The predicted molar refractivity (Wildman–Crippen MR) is 69.8 cm³/mol. The van der Waals surface area contributed by atoms with Gasteiger partial charge in [0.2, 0.25) is 12.2 Å². The van der Waals surface area contributed by atoms with E-state index in [4.69, 9.17) is 0 Å². The Morgan fingerprint density at radius 1 is 1.19 bits per heavy atom. The van der Waals surface area contributed by atoms with Gasteiger partial charge in [0.15, 0.2) is 0 Å². The van der Waals surface area contributed by atoms with Crippen LogP contribution in [0.4, 0.5) is 11.4 Å². The Hall–Kier alpha value is -1.55. The van der Waals surface area contributed by atoms with Crippen LogP contribution in [0.3, 0.4) is 0 Å². The molecule has 0 aliphatic rings. The lowest BCUT2D eigenvalue weighted by Gasteiger charge is -2.01. The molecule has 0 bridgehead atoms. The zero-order valence-electron chi connectivity index (χ0n) is 9.65. The minimum atomic E-state index is -0.0597. The van der Waals surface area contributed by atoms with Crippen LogP contribution in [-0.4, -0.2) is 30.9 Å². The lowest BCUT2D eigenvalue weighted by Crippen LogP contribution is -2.08. The standard InChI is InChI=1S/C11H15N3O.ClH/c1-9(15)13-11-6-4-10(5-7-11)12-8-14(2)3;/h4-8H,1-3H3,(H,13,15);1H/p+1. The van der Waals surface area contributed by atoms with E-state index in [9.17, 15) is 4.79 Å². The van der Waals surface area contributed by atoms with Crippen LogP contribution in [0.5, 0.6) is 0 Å². The van der Waals surface area contributed by atoms with Gasteiger partial charge in [-0.25, -0.2) is 5.32 Å². The summed E-state index contributed by atoms with van der Waals surface area (Å²) in [7, 11) is 3.89. The summed E-state index contributed by atoms with van der Waals surface area (Å²) in [5.74, 6) is -0.0597. The molecule has 4 nitrogen and oxygen atoms in total. The van der Waals surface area contributed by atoms with Crippen LogP contribution < -0.4 is 10.6 Å². The van der Waals surface area contributed by atoms with E-state index in [0.29, 0.717) is 0 Å². The molecule has 0 unspecified atom stereocenters. The number of rotatable bonds is 3. The van der Waals surface area contributed by atoms with E-state index < -0.39 is 0 Å². The second kappa shape index (κ2) is 6.85.